The Labute approximate surface area is 111 Å². The molecule has 0 aliphatic heterocycles. The van der Waals surface area contributed by atoms with E-state index in [9.17, 15) is 4.79 Å². The number of carbonyl (C=O) groups excluding carboxylic acids is 1. The zero-order valence-electron chi connectivity index (χ0n) is 11.7. The second kappa shape index (κ2) is 5.14. The molecule has 4 atom stereocenters. The fraction of sp³-hybridized carbons (Fsp3) is 0.800. The van der Waals surface area contributed by atoms with Crippen molar-refractivity contribution in [2.24, 2.45) is 23.2 Å². The second-order valence-electron chi connectivity index (χ2n) is 6.30. The normalized spacial score (nSPS) is 34.5. The molecule has 0 amide bonds. The molecule has 4 unspecified atom stereocenters. The van der Waals surface area contributed by atoms with Crippen molar-refractivity contribution in [3.05, 3.63) is 12.2 Å². The summed E-state index contributed by atoms with van der Waals surface area (Å²) >= 11 is 6.36. The zero-order chi connectivity index (χ0) is 13.4. The van der Waals surface area contributed by atoms with Crippen molar-refractivity contribution in [2.45, 2.75) is 52.8 Å². The first kappa shape index (κ1) is 14.8. The third-order valence-electron chi connectivity index (χ3n) is 4.86. The van der Waals surface area contributed by atoms with Crippen molar-refractivity contribution in [3.8, 4) is 0 Å². The average Bonchev–Trinajstić information content (AvgIpc) is 2.21. The molecule has 1 fully saturated rings. The van der Waals surface area contributed by atoms with E-state index in [1.165, 1.54) is 0 Å². The number of ketones is 1. The monoisotopic (exact) mass is 256 g/mol. The van der Waals surface area contributed by atoms with Gasteiger partial charge in [0, 0.05) is 5.92 Å². The lowest BCUT2D eigenvalue weighted by Gasteiger charge is -2.47. The summed E-state index contributed by atoms with van der Waals surface area (Å²) in [6.07, 6.45) is 1.88. The topological polar surface area (TPSA) is 17.1 Å². The van der Waals surface area contributed by atoms with E-state index in [1.54, 1.807) is 6.92 Å². The Kier molecular flexibility index (Phi) is 4.46. The van der Waals surface area contributed by atoms with Crippen molar-refractivity contribution < 1.29 is 4.79 Å². The smallest absolute Gasteiger partial charge is 0.132 e. The summed E-state index contributed by atoms with van der Waals surface area (Å²) in [5.74, 6) is 1.29. The van der Waals surface area contributed by atoms with Crippen LogP contribution in [0.4, 0.5) is 0 Å². The molecule has 0 N–H and O–H groups in total. The molecule has 0 bridgehead atoms. The van der Waals surface area contributed by atoms with Crippen molar-refractivity contribution in [1.29, 1.82) is 0 Å². The van der Waals surface area contributed by atoms with Crippen LogP contribution < -0.4 is 0 Å². The fourth-order valence-electron chi connectivity index (χ4n) is 2.78. The highest BCUT2D eigenvalue weighted by molar-refractivity contribution is 6.22. The van der Waals surface area contributed by atoms with Crippen LogP contribution in [0.15, 0.2) is 12.2 Å². The summed E-state index contributed by atoms with van der Waals surface area (Å²) in [5, 5.41) is 0.0715. The van der Waals surface area contributed by atoms with E-state index in [0.29, 0.717) is 11.8 Å². The minimum atomic E-state index is 0.0715. The number of carbonyl (C=O) groups is 1. The lowest BCUT2D eigenvalue weighted by atomic mass is 9.59. The number of hydrogen-bond acceptors (Lipinski definition) is 1. The third-order valence-corrected chi connectivity index (χ3v) is 5.32. The average molecular weight is 257 g/mol. The summed E-state index contributed by atoms with van der Waals surface area (Å²) in [7, 11) is 0. The molecule has 0 radical (unpaired) electrons. The van der Waals surface area contributed by atoms with Crippen molar-refractivity contribution in [2.75, 3.05) is 0 Å². The summed E-state index contributed by atoms with van der Waals surface area (Å²) in [6, 6.07) is 0. The standard InChI is InChI=1S/C15H25ClO/c1-9(12(4)17)7-13-11(3)14(16)8-10(2)15(13,5)6/h9-10,13-14H,3,7-8H2,1-2,4-6H3. The fourth-order valence-corrected chi connectivity index (χ4v) is 3.20. The zero-order valence-corrected chi connectivity index (χ0v) is 12.5. The van der Waals surface area contributed by atoms with E-state index >= 15 is 0 Å². The Morgan fingerprint density at radius 1 is 1.59 bits per heavy atom. The molecule has 2 heteroatoms. The molecule has 17 heavy (non-hydrogen) atoms. The van der Waals surface area contributed by atoms with Gasteiger partial charge in [0.1, 0.15) is 5.78 Å². The van der Waals surface area contributed by atoms with Crippen LogP contribution in [0.2, 0.25) is 0 Å². The van der Waals surface area contributed by atoms with Crippen LogP contribution in [0.5, 0.6) is 0 Å². The van der Waals surface area contributed by atoms with Crippen LogP contribution in [-0.2, 0) is 4.79 Å². The Bertz CT molecular complexity index is 319. The molecule has 0 aromatic rings. The van der Waals surface area contributed by atoms with Crippen LogP contribution in [0, 0.1) is 23.2 Å². The van der Waals surface area contributed by atoms with E-state index in [1.807, 2.05) is 6.92 Å². The van der Waals surface area contributed by atoms with Gasteiger partial charge >= 0.3 is 0 Å². The van der Waals surface area contributed by atoms with Gasteiger partial charge in [-0.3, -0.25) is 4.79 Å². The molecule has 0 heterocycles. The number of allylic oxidation sites excluding steroid dienone is 1. The number of Topliss-reactive ketones (excluding diaryl/α,β-unsaturated/α-hetero) is 1. The molecular weight excluding hydrogens is 232 g/mol. The highest BCUT2D eigenvalue weighted by Gasteiger charge is 2.43. The summed E-state index contributed by atoms with van der Waals surface area (Å²) in [5.41, 5.74) is 1.31. The lowest BCUT2D eigenvalue weighted by Crippen LogP contribution is -2.41. The molecule has 0 spiro atoms. The SMILES string of the molecule is C=C1C(Cl)CC(C)C(C)(C)C1CC(C)C(C)=O. The quantitative estimate of drug-likeness (QED) is 0.539. The highest BCUT2D eigenvalue weighted by atomic mass is 35.5. The van der Waals surface area contributed by atoms with Crippen LogP contribution in [0.25, 0.3) is 0 Å². The number of rotatable bonds is 3. The van der Waals surface area contributed by atoms with Gasteiger partial charge in [-0.2, -0.15) is 0 Å². The van der Waals surface area contributed by atoms with E-state index in [-0.39, 0.29) is 22.5 Å². The predicted molar refractivity (Wildman–Crippen MR) is 74.3 cm³/mol. The van der Waals surface area contributed by atoms with Gasteiger partial charge in [-0.25, -0.2) is 0 Å². The largest absolute Gasteiger partial charge is 0.300 e. The van der Waals surface area contributed by atoms with Crippen LogP contribution in [-0.4, -0.2) is 11.2 Å². The van der Waals surface area contributed by atoms with Gasteiger partial charge in [0.15, 0.2) is 0 Å². The molecule has 98 valence electrons. The highest BCUT2D eigenvalue weighted by Crippen LogP contribution is 2.50. The minimum Gasteiger partial charge on any atom is -0.300 e. The van der Waals surface area contributed by atoms with E-state index in [0.717, 1.165) is 18.4 Å². The maximum absolute atomic E-state index is 11.4. The van der Waals surface area contributed by atoms with Gasteiger partial charge in [-0.05, 0) is 37.0 Å². The van der Waals surface area contributed by atoms with Gasteiger partial charge in [-0.1, -0.05) is 39.8 Å². The molecule has 1 saturated carbocycles. The van der Waals surface area contributed by atoms with Crippen molar-refractivity contribution >= 4 is 17.4 Å². The molecular formula is C15H25ClO. The summed E-state index contributed by atoms with van der Waals surface area (Å²) < 4.78 is 0. The van der Waals surface area contributed by atoms with Gasteiger partial charge < -0.3 is 0 Å². The van der Waals surface area contributed by atoms with Gasteiger partial charge in [0.25, 0.3) is 0 Å². The number of hydrogen-bond donors (Lipinski definition) is 0. The Morgan fingerprint density at radius 3 is 2.59 bits per heavy atom. The van der Waals surface area contributed by atoms with Crippen LogP contribution in [0.3, 0.4) is 0 Å². The number of alkyl halides is 1. The van der Waals surface area contributed by atoms with E-state index in [4.69, 9.17) is 11.6 Å². The van der Waals surface area contributed by atoms with Crippen LogP contribution >= 0.6 is 11.6 Å². The maximum Gasteiger partial charge on any atom is 0.132 e. The molecule has 1 nitrogen and oxygen atoms in total. The molecule has 0 saturated heterocycles. The first-order valence-corrected chi connectivity index (χ1v) is 6.94. The maximum atomic E-state index is 11.4. The Hall–Kier alpha value is -0.300. The number of halogens is 1. The first-order valence-electron chi connectivity index (χ1n) is 6.51. The molecule has 0 aromatic carbocycles. The first-order chi connectivity index (χ1) is 7.67. The summed E-state index contributed by atoms with van der Waals surface area (Å²) in [4.78, 5) is 11.4. The van der Waals surface area contributed by atoms with Gasteiger partial charge in [0.2, 0.25) is 0 Å². The third kappa shape index (κ3) is 2.93. The van der Waals surface area contributed by atoms with Gasteiger partial charge in [-0.15, -0.1) is 11.6 Å². The Morgan fingerprint density at radius 2 is 2.12 bits per heavy atom. The second-order valence-corrected chi connectivity index (χ2v) is 6.83. The minimum absolute atomic E-state index is 0.0715. The molecule has 1 rings (SSSR count). The van der Waals surface area contributed by atoms with Gasteiger partial charge in [0.05, 0.1) is 5.38 Å². The van der Waals surface area contributed by atoms with Crippen LogP contribution in [0.1, 0.15) is 47.5 Å². The molecule has 1 aliphatic carbocycles. The summed E-state index contributed by atoms with van der Waals surface area (Å²) in [6.45, 7) is 14.7. The lowest BCUT2D eigenvalue weighted by molar-refractivity contribution is -0.121. The van der Waals surface area contributed by atoms with Crippen molar-refractivity contribution in [1.82, 2.24) is 0 Å². The molecule has 0 aromatic heterocycles. The molecule has 1 aliphatic rings. The van der Waals surface area contributed by atoms with E-state index in [2.05, 4.69) is 27.4 Å². The van der Waals surface area contributed by atoms with E-state index < -0.39 is 0 Å². The Balaban J connectivity index is 2.91. The van der Waals surface area contributed by atoms with Crippen molar-refractivity contribution in [3.63, 3.8) is 0 Å². The predicted octanol–water partition coefficient (Wildman–Crippen LogP) is 4.45.